The second-order valence-electron chi connectivity index (χ2n) is 8.05. The number of aromatic nitrogens is 4. The van der Waals surface area contributed by atoms with Gasteiger partial charge in [0.2, 0.25) is 0 Å². The largest absolute Gasteiger partial charge is 0.482 e. The maximum atomic E-state index is 14.3. The Morgan fingerprint density at radius 3 is 2.54 bits per heavy atom. The predicted molar refractivity (Wildman–Crippen MR) is 133 cm³/mol. The van der Waals surface area contributed by atoms with E-state index in [0.717, 1.165) is 16.6 Å². The molecule has 10 heteroatoms. The van der Waals surface area contributed by atoms with Crippen LogP contribution in [0.5, 0.6) is 11.8 Å². The fourth-order valence-corrected chi connectivity index (χ4v) is 3.66. The number of alkyl halides is 2. The molecule has 3 heterocycles. The van der Waals surface area contributed by atoms with Crippen LogP contribution in [0.15, 0.2) is 91.1 Å². The Hall–Kier alpha value is -4.86. The number of pyridine rings is 2. The molecule has 186 valence electrons. The van der Waals surface area contributed by atoms with Crippen molar-refractivity contribution in [2.24, 2.45) is 0 Å². The average Bonchev–Trinajstić information content (AvgIpc) is 3.26. The lowest BCUT2D eigenvalue weighted by Gasteiger charge is -2.17. The molecule has 0 spiro atoms. The number of ether oxygens (including phenoxy) is 2. The molecule has 0 aliphatic heterocycles. The summed E-state index contributed by atoms with van der Waals surface area (Å²) in [5.41, 5.74) is 2.85. The number of para-hydroxylation sites is 3. The van der Waals surface area contributed by atoms with Gasteiger partial charge in [-0.2, -0.15) is 13.8 Å². The Balaban J connectivity index is 1.33. The summed E-state index contributed by atoms with van der Waals surface area (Å²) in [7, 11) is 0. The van der Waals surface area contributed by atoms with Crippen LogP contribution >= 0.6 is 0 Å². The van der Waals surface area contributed by atoms with Gasteiger partial charge in [0, 0.05) is 6.20 Å². The predicted octanol–water partition coefficient (Wildman–Crippen LogP) is 5.31. The highest BCUT2D eigenvalue weighted by Crippen LogP contribution is 2.27. The van der Waals surface area contributed by atoms with Gasteiger partial charge in [-0.1, -0.05) is 42.5 Å². The Bertz CT molecular complexity index is 1560. The van der Waals surface area contributed by atoms with Crippen molar-refractivity contribution in [1.82, 2.24) is 19.5 Å². The molecule has 5 rings (SSSR count). The van der Waals surface area contributed by atoms with Crippen LogP contribution < -0.4 is 14.8 Å². The minimum atomic E-state index is -4.10. The molecule has 0 aliphatic rings. The van der Waals surface area contributed by atoms with E-state index >= 15 is 0 Å². The van der Waals surface area contributed by atoms with Crippen molar-refractivity contribution in [2.45, 2.75) is 19.6 Å². The first-order valence-corrected chi connectivity index (χ1v) is 11.3. The molecule has 0 fully saturated rings. The summed E-state index contributed by atoms with van der Waals surface area (Å²) in [5, 5.41) is 2.10. The van der Waals surface area contributed by atoms with Crippen LogP contribution in [0.2, 0.25) is 0 Å². The minimum Gasteiger partial charge on any atom is -0.458 e. The fraction of sp³-hybridized carbons (Fsp3) is 0.111. The molecule has 2 aromatic carbocycles. The van der Waals surface area contributed by atoms with Gasteiger partial charge in [0.05, 0.1) is 16.7 Å². The SMILES string of the molecule is Cc1cccnc1-n1c(OCc2cccc(NC(=O)C(F)(F)Oc3ccccc3)n2)nc2ccccc21. The smallest absolute Gasteiger partial charge is 0.458 e. The third kappa shape index (κ3) is 5.22. The van der Waals surface area contributed by atoms with Gasteiger partial charge in [0.1, 0.15) is 24.0 Å². The van der Waals surface area contributed by atoms with E-state index in [1.165, 1.54) is 30.3 Å². The number of hydrogen-bond acceptors (Lipinski definition) is 6. The molecule has 0 bridgehead atoms. The van der Waals surface area contributed by atoms with E-state index in [1.807, 2.05) is 43.3 Å². The third-order valence-corrected chi connectivity index (χ3v) is 5.37. The van der Waals surface area contributed by atoms with E-state index in [9.17, 15) is 13.6 Å². The summed E-state index contributed by atoms with van der Waals surface area (Å²) >= 11 is 0. The highest BCUT2D eigenvalue weighted by molar-refractivity contribution is 5.94. The van der Waals surface area contributed by atoms with Crippen molar-refractivity contribution < 1.29 is 23.0 Å². The van der Waals surface area contributed by atoms with Crippen LogP contribution in [0.4, 0.5) is 14.6 Å². The summed E-state index contributed by atoms with van der Waals surface area (Å²) in [6.45, 7) is 1.90. The molecule has 0 saturated heterocycles. The quantitative estimate of drug-likeness (QED) is 0.310. The van der Waals surface area contributed by atoms with E-state index in [0.29, 0.717) is 17.5 Å². The number of halogens is 2. The molecular formula is C27H21F2N5O3. The highest BCUT2D eigenvalue weighted by Gasteiger charge is 2.42. The third-order valence-electron chi connectivity index (χ3n) is 5.37. The van der Waals surface area contributed by atoms with Crippen LogP contribution in [-0.4, -0.2) is 31.5 Å². The first kappa shape index (κ1) is 23.9. The second kappa shape index (κ2) is 10.0. The summed E-state index contributed by atoms with van der Waals surface area (Å²) in [4.78, 5) is 25.5. The Morgan fingerprint density at radius 1 is 0.946 bits per heavy atom. The second-order valence-corrected chi connectivity index (χ2v) is 8.05. The van der Waals surface area contributed by atoms with Crippen LogP contribution in [0.3, 0.4) is 0 Å². The van der Waals surface area contributed by atoms with Gasteiger partial charge in [-0.3, -0.25) is 4.79 Å². The van der Waals surface area contributed by atoms with Gasteiger partial charge in [0.25, 0.3) is 0 Å². The Kier molecular flexibility index (Phi) is 6.46. The molecule has 1 N–H and O–H groups in total. The van der Waals surface area contributed by atoms with Crippen molar-refractivity contribution in [3.8, 4) is 17.6 Å². The van der Waals surface area contributed by atoms with Gasteiger partial charge in [-0.25, -0.2) is 14.5 Å². The Labute approximate surface area is 210 Å². The standard InChI is InChI=1S/C27H21F2N5O3/c1-18-9-8-16-30-24(18)34-22-14-6-5-13-21(22)32-26(34)36-17-19-10-7-15-23(31-19)33-25(35)27(28,29)37-20-11-3-2-4-12-20/h2-16H,17H2,1H3,(H,31,33,35). The molecule has 5 aromatic rings. The fourth-order valence-electron chi connectivity index (χ4n) is 3.66. The number of amides is 1. The van der Waals surface area contributed by atoms with Crippen LogP contribution in [-0.2, 0) is 11.4 Å². The monoisotopic (exact) mass is 501 g/mol. The zero-order valence-corrected chi connectivity index (χ0v) is 19.6. The van der Waals surface area contributed by atoms with Gasteiger partial charge >= 0.3 is 18.0 Å². The number of benzene rings is 2. The van der Waals surface area contributed by atoms with Crippen LogP contribution in [0.1, 0.15) is 11.3 Å². The van der Waals surface area contributed by atoms with Gasteiger partial charge in [0.15, 0.2) is 0 Å². The number of nitrogens with zero attached hydrogens (tertiary/aromatic N) is 4. The molecule has 1 amide bonds. The summed E-state index contributed by atoms with van der Waals surface area (Å²) in [6.07, 6.45) is -2.41. The van der Waals surface area contributed by atoms with E-state index in [-0.39, 0.29) is 18.2 Å². The first-order chi connectivity index (χ1) is 17.9. The normalized spacial score (nSPS) is 11.3. The number of fused-ring (bicyclic) bond motifs is 1. The molecule has 0 radical (unpaired) electrons. The number of rotatable bonds is 8. The molecule has 0 aliphatic carbocycles. The summed E-state index contributed by atoms with van der Waals surface area (Å²) in [6, 6.07) is 23.6. The van der Waals surface area contributed by atoms with Crippen LogP contribution in [0, 0.1) is 6.92 Å². The first-order valence-electron chi connectivity index (χ1n) is 11.3. The molecule has 8 nitrogen and oxygen atoms in total. The molecular weight excluding hydrogens is 480 g/mol. The molecule has 0 unspecified atom stereocenters. The summed E-state index contributed by atoms with van der Waals surface area (Å²) in [5.74, 6) is -1.18. The van der Waals surface area contributed by atoms with Crippen molar-refractivity contribution in [2.75, 3.05) is 5.32 Å². The van der Waals surface area contributed by atoms with Gasteiger partial charge < -0.3 is 14.8 Å². The topological polar surface area (TPSA) is 91.2 Å². The maximum Gasteiger partial charge on any atom is 0.482 e. The van der Waals surface area contributed by atoms with E-state index in [1.54, 1.807) is 29.0 Å². The number of carbonyl (C=O) groups is 1. The lowest BCUT2D eigenvalue weighted by atomic mass is 10.2. The van der Waals surface area contributed by atoms with Gasteiger partial charge in [-0.05, 0) is 55.0 Å². The number of imidazole rings is 1. The highest BCUT2D eigenvalue weighted by atomic mass is 19.3. The van der Waals surface area contributed by atoms with E-state index in [4.69, 9.17) is 4.74 Å². The van der Waals surface area contributed by atoms with E-state index < -0.39 is 12.0 Å². The van der Waals surface area contributed by atoms with Gasteiger partial charge in [-0.15, -0.1) is 0 Å². The number of aryl methyl sites for hydroxylation is 1. The minimum absolute atomic E-state index is 0.0319. The zero-order chi connectivity index (χ0) is 25.8. The average molecular weight is 501 g/mol. The lowest BCUT2D eigenvalue weighted by molar-refractivity contribution is -0.187. The molecule has 0 saturated carbocycles. The molecule has 0 atom stereocenters. The van der Waals surface area contributed by atoms with Crippen molar-refractivity contribution in [3.63, 3.8) is 0 Å². The van der Waals surface area contributed by atoms with Crippen molar-refractivity contribution in [3.05, 3.63) is 102 Å². The lowest BCUT2D eigenvalue weighted by Crippen LogP contribution is -2.40. The summed E-state index contributed by atoms with van der Waals surface area (Å²) < 4.78 is 40.9. The van der Waals surface area contributed by atoms with E-state index in [2.05, 4.69) is 25.0 Å². The number of hydrogen-bond donors (Lipinski definition) is 1. The van der Waals surface area contributed by atoms with Crippen molar-refractivity contribution >= 4 is 22.8 Å². The zero-order valence-electron chi connectivity index (χ0n) is 19.6. The molecule has 3 aromatic heterocycles. The number of anilines is 1. The molecule has 37 heavy (non-hydrogen) atoms. The van der Waals surface area contributed by atoms with Crippen LogP contribution in [0.25, 0.3) is 16.9 Å². The maximum absolute atomic E-state index is 14.3. The number of nitrogens with one attached hydrogen (secondary N) is 1. The Morgan fingerprint density at radius 2 is 1.73 bits per heavy atom. The van der Waals surface area contributed by atoms with Crippen molar-refractivity contribution in [1.29, 1.82) is 0 Å². The number of carbonyl (C=O) groups excluding carboxylic acids is 1.